The summed E-state index contributed by atoms with van der Waals surface area (Å²) in [6, 6.07) is 0. The molecule has 0 unspecified atom stereocenters. The topological polar surface area (TPSA) is 36.4 Å². The third-order valence-electron chi connectivity index (χ3n) is 4.64. The fourth-order valence-electron chi connectivity index (χ4n) is 3.02. The average molecular weight is 251 g/mol. The van der Waals surface area contributed by atoms with Gasteiger partial charge in [0, 0.05) is 20.1 Å². The molecule has 2 aliphatic carbocycles. The second-order valence-electron chi connectivity index (χ2n) is 6.53. The lowest BCUT2D eigenvalue weighted by atomic mass is 9.65. The van der Waals surface area contributed by atoms with Crippen LogP contribution >= 0.6 is 0 Å². The maximum atomic E-state index is 4.32. The quantitative estimate of drug-likeness (QED) is 0.562. The van der Waals surface area contributed by atoms with Gasteiger partial charge < -0.3 is 10.6 Å². The monoisotopic (exact) mass is 251 g/mol. The van der Waals surface area contributed by atoms with E-state index in [4.69, 9.17) is 0 Å². The third kappa shape index (κ3) is 3.39. The van der Waals surface area contributed by atoms with Crippen LogP contribution in [0.15, 0.2) is 4.99 Å². The predicted molar refractivity (Wildman–Crippen MR) is 77.8 cm³/mol. The summed E-state index contributed by atoms with van der Waals surface area (Å²) in [6.45, 7) is 6.66. The second-order valence-corrected chi connectivity index (χ2v) is 6.53. The van der Waals surface area contributed by atoms with Gasteiger partial charge in [-0.15, -0.1) is 0 Å². The van der Waals surface area contributed by atoms with Crippen LogP contribution in [-0.4, -0.2) is 26.1 Å². The molecule has 0 aromatic carbocycles. The van der Waals surface area contributed by atoms with Gasteiger partial charge in [-0.3, -0.25) is 4.99 Å². The molecule has 2 saturated carbocycles. The van der Waals surface area contributed by atoms with Gasteiger partial charge in [0.15, 0.2) is 5.96 Å². The molecule has 0 bridgehead atoms. The maximum absolute atomic E-state index is 4.32. The van der Waals surface area contributed by atoms with Crippen molar-refractivity contribution < 1.29 is 0 Å². The molecule has 0 heterocycles. The molecule has 18 heavy (non-hydrogen) atoms. The smallest absolute Gasteiger partial charge is 0.190 e. The zero-order valence-corrected chi connectivity index (χ0v) is 12.3. The van der Waals surface area contributed by atoms with Gasteiger partial charge in [-0.2, -0.15) is 0 Å². The predicted octanol–water partition coefficient (Wildman–Crippen LogP) is 2.78. The Hall–Kier alpha value is -0.730. The minimum atomic E-state index is 0.621. The van der Waals surface area contributed by atoms with E-state index in [1.165, 1.54) is 38.5 Å². The van der Waals surface area contributed by atoms with Crippen LogP contribution in [0.3, 0.4) is 0 Å². The van der Waals surface area contributed by atoms with E-state index in [-0.39, 0.29) is 0 Å². The summed E-state index contributed by atoms with van der Waals surface area (Å²) in [5.74, 6) is 2.75. The van der Waals surface area contributed by atoms with E-state index in [0.29, 0.717) is 5.41 Å². The van der Waals surface area contributed by atoms with E-state index in [1.807, 2.05) is 7.05 Å². The minimum absolute atomic E-state index is 0.621. The van der Waals surface area contributed by atoms with Crippen molar-refractivity contribution >= 4 is 5.96 Å². The van der Waals surface area contributed by atoms with Crippen molar-refractivity contribution in [1.82, 2.24) is 10.6 Å². The Kier molecular flexibility index (Phi) is 4.52. The summed E-state index contributed by atoms with van der Waals surface area (Å²) in [4.78, 5) is 4.32. The van der Waals surface area contributed by atoms with Gasteiger partial charge in [0.25, 0.3) is 0 Å². The van der Waals surface area contributed by atoms with Gasteiger partial charge in [0.1, 0.15) is 0 Å². The number of hydrogen-bond acceptors (Lipinski definition) is 1. The molecule has 3 nitrogen and oxygen atoms in total. The summed E-state index contributed by atoms with van der Waals surface area (Å²) in [6.07, 6.45) is 8.40. The van der Waals surface area contributed by atoms with Gasteiger partial charge >= 0.3 is 0 Å². The number of guanidine groups is 1. The standard InChI is InChI=1S/C15H29N3/c1-12(2)7-10-17-14(16-3)18-11-15(8-4-9-15)13-5-6-13/h12-13H,4-11H2,1-3H3,(H2,16,17,18). The number of rotatable bonds is 6. The highest BCUT2D eigenvalue weighted by Gasteiger charge is 2.48. The molecule has 0 amide bonds. The SMILES string of the molecule is CN=C(NCCC(C)C)NCC1(C2CC2)CCC1. The Labute approximate surface area is 112 Å². The Morgan fingerprint density at radius 2 is 2.00 bits per heavy atom. The van der Waals surface area contributed by atoms with Crippen molar-refractivity contribution in [2.24, 2.45) is 22.2 Å². The summed E-state index contributed by atoms with van der Waals surface area (Å²) < 4.78 is 0. The highest BCUT2D eigenvalue weighted by atomic mass is 15.2. The molecule has 2 fully saturated rings. The first-order valence-corrected chi connectivity index (χ1v) is 7.61. The lowest BCUT2D eigenvalue weighted by Crippen LogP contribution is -2.47. The van der Waals surface area contributed by atoms with E-state index in [0.717, 1.165) is 30.9 Å². The highest BCUT2D eigenvalue weighted by Crippen LogP contribution is 2.56. The lowest BCUT2D eigenvalue weighted by Gasteiger charge is -2.43. The molecule has 0 aromatic heterocycles. The van der Waals surface area contributed by atoms with Crippen LogP contribution < -0.4 is 10.6 Å². The van der Waals surface area contributed by atoms with Crippen LogP contribution in [0.1, 0.15) is 52.4 Å². The van der Waals surface area contributed by atoms with Gasteiger partial charge in [0.2, 0.25) is 0 Å². The van der Waals surface area contributed by atoms with Crippen molar-refractivity contribution in [2.45, 2.75) is 52.4 Å². The zero-order chi connectivity index (χ0) is 13.0. The van der Waals surface area contributed by atoms with E-state index >= 15 is 0 Å². The molecule has 104 valence electrons. The Morgan fingerprint density at radius 1 is 1.28 bits per heavy atom. The van der Waals surface area contributed by atoms with Crippen LogP contribution in [0.2, 0.25) is 0 Å². The van der Waals surface area contributed by atoms with Gasteiger partial charge in [0.05, 0.1) is 0 Å². The van der Waals surface area contributed by atoms with Crippen molar-refractivity contribution in [1.29, 1.82) is 0 Å². The summed E-state index contributed by atoms with van der Waals surface area (Å²) in [5.41, 5.74) is 0.621. The molecule has 2 N–H and O–H groups in total. The van der Waals surface area contributed by atoms with Crippen LogP contribution in [0.4, 0.5) is 0 Å². The summed E-state index contributed by atoms with van der Waals surface area (Å²) >= 11 is 0. The van der Waals surface area contributed by atoms with E-state index in [2.05, 4.69) is 29.5 Å². The average Bonchev–Trinajstić information content (AvgIpc) is 3.09. The van der Waals surface area contributed by atoms with Crippen LogP contribution in [0.25, 0.3) is 0 Å². The Morgan fingerprint density at radius 3 is 2.44 bits per heavy atom. The van der Waals surface area contributed by atoms with Crippen molar-refractivity contribution in [3.63, 3.8) is 0 Å². The maximum Gasteiger partial charge on any atom is 0.190 e. The Balaban J connectivity index is 1.70. The first kappa shape index (κ1) is 13.7. The molecule has 3 heteroatoms. The fraction of sp³-hybridized carbons (Fsp3) is 0.933. The van der Waals surface area contributed by atoms with Crippen molar-refractivity contribution in [3.8, 4) is 0 Å². The van der Waals surface area contributed by atoms with E-state index in [9.17, 15) is 0 Å². The van der Waals surface area contributed by atoms with Gasteiger partial charge in [-0.05, 0) is 49.4 Å². The molecule has 0 spiro atoms. The molecule has 0 radical (unpaired) electrons. The highest BCUT2D eigenvalue weighted by molar-refractivity contribution is 5.79. The normalized spacial score (nSPS) is 22.8. The summed E-state index contributed by atoms with van der Waals surface area (Å²) in [7, 11) is 1.87. The Bertz CT molecular complexity index is 288. The largest absolute Gasteiger partial charge is 0.356 e. The number of hydrogen-bond donors (Lipinski definition) is 2. The molecule has 0 aliphatic heterocycles. The van der Waals surface area contributed by atoms with Gasteiger partial charge in [-0.25, -0.2) is 0 Å². The van der Waals surface area contributed by atoms with E-state index in [1.54, 1.807) is 0 Å². The number of nitrogens with zero attached hydrogens (tertiary/aromatic N) is 1. The molecule has 0 aromatic rings. The lowest BCUT2D eigenvalue weighted by molar-refractivity contribution is 0.106. The van der Waals surface area contributed by atoms with Crippen LogP contribution in [0, 0.1) is 17.3 Å². The molecular formula is C15H29N3. The van der Waals surface area contributed by atoms with Crippen LogP contribution in [-0.2, 0) is 0 Å². The second kappa shape index (κ2) is 5.94. The van der Waals surface area contributed by atoms with Gasteiger partial charge in [-0.1, -0.05) is 20.3 Å². The molecule has 0 atom stereocenters. The zero-order valence-electron chi connectivity index (χ0n) is 12.3. The summed E-state index contributed by atoms with van der Waals surface area (Å²) in [5, 5.41) is 6.97. The molecule has 2 rings (SSSR count). The molecule has 0 saturated heterocycles. The van der Waals surface area contributed by atoms with E-state index < -0.39 is 0 Å². The minimum Gasteiger partial charge on any atom is -0.356 e. The first-order valence-electron chi connectivity index (χ1n) is 7.61. The van der Waals surface area contributed by atoms with Crippen molar-refractivity contribution in [3.05, 3.63) is 0 Å². The number of nitrogens with one attached hydrogen (secondary N) is 2. The molecular weight excluding hydrogens is 222 g/mol. The first-order chi connectivity index (χ1) is 8.66. The fourth-order valence-corrected chi connectivity index (χ4v) is 3.02. The molecule has 2 aliphatic rings. The van der Waals surface area contributed by atoms with Crippen LogP contribution in [0.5, 0.6) is 0 Å². The third-order valence-corrected chi connectivity index (χ3v) is 4.64. The van der Waals surface area contributed by atoms with Crippen molar-refractivity contribution in [2.75, 3.05) is 20.1 Å². The number of aliphatic imine (C=N–C) groups is 1.